The Hall–Kier alpha value is -1.55. The number of benzene rings is 1. The predicted molar refractivity (Wildman–Crippen MR) is 58.8 cm³/mol. The highest BCUT2D eigenvalue weighted by Crippen LogP contribution is 2.20. The van der Waals surface area contributed by atoms with Gasteiger partial charge in [0.1, 0.15) is 11.6 Å². The summed E-state index contributed by atoms with van der Waals surface area (Å²) in [6.45, 7) is 1.80. The van der Waals surface area contributed by atoms with Gasteiger partial charge in [0.2, 0.25) is 0 Å². The van der Waals surface area contributed by atoms with Crippen molar-refractivity contribution in [1.29, 1.82) is 0 Å². The highest BCUT2D eigenvalue weighted by atomic mass is 32.1. The molecule has 0 saturated heterocycles. The Bertz CT molecular complexity index is 525. The number of carbonyl (C=O) groups is 1. The van der Waals surface area contributed by atoms with Crippen molar-refractivity contribution >= 4 is 17.1 Å². The first-order chi connectivity index (χ1) is 7.58. The molecule has 0 aliphatic heterocycles. The van der Waals surface area contributed by atoms with Crippen molar-refractivity contribution in [2.75, 3.05) is 0 Å². The van der Waals surface area contributed by atoms with Crippen LogP contribution in [0.1, 0.15) is 20.8 Å². The number of hydrogen-bond acceptors (Lipinski definition) is 2. The lowest BCUT2D eigenvalue weighted by molar-refractivity contribution is 0.103. The Morgan fingerprint density at radius 3 is 2.31 bits per heavy atom. The van der Waals surface area contributed by atoms with E-state index in [0.717, 1.165) is 23.1 Å². The topological polar surface area (TPSA) is 17.1 Å². The molecule has 0 spiro atoms. The highest BCUT2D eigenvalue weighted by molar-refractivity contribution is 7.10. The monoisotopic (exact) mass is 238 g/mol. The van der Waals surface area contributed by atoms with Gasteiger partial charge in [-0.2, -0.15) is 0 Å². The Labute approximate surface area is 95.4 Å². The van der Waals surface area contributed by atoms with Crippen molar-refractivity contribution in [3.8, 4) is 0 Å². The largest absolute Gasteiger partial charge is 0.289 e. The summed E-state index contributed by atoms with van der Waals surface area (Å²) >= 11 is 1.43. The third-order valence-electron chi connectivity index (χ3n) is 2.23. The summed E-state index contributed by atoms with van der Waals surface area (Å²) in [7, 11) is 0. The Balaban J connectivity index is 2.45. The fourth-order valence-electron chi connectivity index (χ4n) is 1.46. The van der Waals surface area contributed by atoms with E-state index in [-0.39, 0.29) is 11.3 Å². The first-order valence-corrected chi connectivity index (χ1v) is 5.51. The van der Waals surface area contributed by atoms with Crippen LogP contribution in [0.2, 0.25) is 0 Å². The normalized spacial score (nSPS) is 10.4. The minimum Gasteiger partial charge on any atom is -0.289 e. The maximum atomic E-state index is 12.9. The van der Waals surface area contributed by atoms with E-state index < -0.39 is 11.6 Å². The van der Waals surface area contributed by atoms with E-state index in [2.05, 4.69) is 0 Å². The minimum atomic E-state index is -0.740. The third-order valence-corrected chi connectivity index (χ3v) is 3.07. The van der Waals surface area contributed by atoms with Crippen molar-refractivity contribution < 1.29 is 13.6 Å². The van der Waals surface area contributed by atoms with E-state index in [1.165, 1.54) is 11.3 Å². The summed E-state index contributed by atoms with van der Waals surface area (Å²) in [5.74, 6) is -1.83. The van der Waals surface area contributed by atoms with Crippen LogP contribution in [-0.4, -0.2) is 5.78 Å². The van der Waals surface area contributed by atoms with E-state index in [1.807, 2.05) is 0 Å². The Morgan fingerprint density at radius 2 is 1.81 bits per heavy atom. The maximum Gasteiger partial charge on any atom is 0.194 e. The Kier molecular flexibility index (Phi) is 2.83. The number of halogens is 2. The van der Waals surface area contributed by atoms with Gasteiger partial charge in [0.05, 0.1) is 0 Å². The molecule has 0 atom stereocenters. The smallest absolute Gasteiger partial charge is 0.194 e. The van der Waals surface area contributed by atoms with Gasteiger partial charge >= 0.3 is 0 Å². The molecular formula is C12H8F2OS. The van der Waals surface area contributed by atoms with E-state index in [9.17, 15) is 13.6 Å². The molecule has 0 radical (unpaired) electrons. The van der Waals surface area contributed by atoms with Gasteiger partial charge in [-0.25, -0.2) is 8.78 Å². The fraction of sp³-hybridized carbons (Fsp3) is 0.0833. The molecule has 1 heterocycles. The van der Waals surface area contributed by atoms with Crippen LogP contribution in [0, 0.1) is 18.6 Å². The number of aryl methyl sites for hydroxylation is 1. The summed E-state index contributed by atoms with van der Waals surface area (Å²) in [6, 6.07) is 4.49. The molecule has 2 aromatic rings. The molecule has 4 heteroatoms. The first-order valence-electron chi connectivity index (χ1n) is 4.63. The summed E-state index contributed by atoms with van der Waals surface area (Å²) in [6.07, 6.45) is 0. The fourth-order valence-corrected chi connectivity index (χ4v) is 2.16. The van der Waals surface area contributed by atoms with Gasteiger partial charge in [-0.1, -0.05) is 0 Å². The van der Waals surface area contributed by atoms with Crippen LogP contribution in [0.4, 0.5) is 8.78 Å². The molecule has 0 bridgehead atoms. The van der Waals surface area contributed by atoms with Crippen LogP contribution in [0.5, 0.6) is 0 Å². The standard InChI is InChI=1S/C12H8F2OS/c1-7-11(2-3-16-7)12(15)8-4-9(13)6-10(14)5-8/h2-6H,1H3. The summed E-state index contributed by atoms with van der Waals surface area (Å²) in [5, 5.41) is 1.78. The van der Waals surface area contributed by atoms with Crippen LogP contribution in [0.15, 0.2) is 29.6 Å². The molecule has 1 aromatic carbocycles. The first kappa shape index (κ1) is 11.0. The average Bonchev–Trinajstić information content (AvgIpc) is 2.62. The predicted octanol–water partition coefficient (Wildman–Crippen LogP) is 3.57. The zero-order chi connectivity index (χ0) is 11.7. The average molecular weight is 238 g/mol. The second-order valence-corrected chi connectivity index (χ2v) is 4.50. The van der Waals surface area contributed by atoms with Gasteiger partial charge in [0, 0.05) is 22.1 Å². The zero-order valence-electron chi connectivity index (χ0n) is 8.46. The van der Waals surface area contributed by atoms with Crippen molar-refractivity contribution in [3.63, 3.8) is 0 Å². The third kappa shape index (κ3) is 2.02. The number of thiophene rings is 1. The summed E-state index contributed by atoms with van der Waals surface area (Å²) in [4.78, 5) is 12.7. The number of ketones is 1. The van der Waals surface area contributed by atoms with Crippen molar-refractivity contribution in [1.82, 2.24) is 0 Å². The highest BCUT2D eigenvalue weighted by Gasteiger charge is 2.14. The second-order valence-electron chi connectivity index (χ2n) is 3.38. The zero-order valence-corrected chi connectivity index (χ0v) is 9.28. The molecule has 0 fully saturated rings. The van der Waals surface area contributed by atoms with Crippen LogP contribution >= 0.6 is 11.3 Å². The second kappa shape index (κ2) is 4.14. The molecule has 0 saturated carbocycles. The number of rotatable bonds is 2. The van der Waals surface area contributed by atoms with Gasteiger partial charge in [0.25, 0.3) is 0 Å². The van der Waals surface area contributed by atoms with Crippen molar-refractivity contribution in [2.24, 2.45) is 0 Å². The van der Waals surface area contributed by atoms with Gasteiger partial charge in [-0.3, -0.25) is 4.79 Å². The van der Waals surface area contributed by atoms with E-state index in [1.54, 1.807) is 18.4 Å². The molecule has 1 nitrogen and oxygen atoms in total. The van der Waals surface area contributed by atoms with E-state index in [4.69, 9.17) is 0 Å². The molecular weight excluding hydrogens is 230 g/mol. The van der Waals surface area contributed by atoms with Crippen LogP contribution in [0.25, 0.3) is 0 Å². The van der Waals surface area contributed by atoms with Crippen LogP contribution < -0.4 is 0 Å². The SMILES string of the molecule is Cc1sccc1C(=O)c1cc(F)cc(F)c1. The summed E-state index contributed by atoms with van der Waals surface area (Å²) < 4.78 is 25.9. The lowest BCUT2D eigenvalue weighted by Gasteiger charge is -2.01. The number of carbonyl (C=O) groups excluding carboxylic acids is 1. The molecule has 0 aliphatic rings. The quantitative estimate of drug-likeness (QED) is 0.731. The molecule has 16 heavy (non-hydrogen) atoms. The molecule has 0 unspecified atom stereocenters. The lowest BCUT2D eigenvalue weighted by Crippen LogP contribution is -2.02. The van der Waals surface area contributed by atoms with E-state index >= 15 is 0 Å². The maximum absolute atomic E-state index is 12.9. The van der Waals surface area contributed by atoms with Crippen LogP contribution in [0.3, 0.4) is 0 Å². The van der Waals surface area contributed by atoms with Crippen LogP contribution in [-0.2, 0) is 0 Å². The molecule has 0 aliphatic carbocycles. The molecule has 0 amide bonds. The van der Waals surface area contributed by atoms with Gasteiger partial charge in [-0.15, -0.1) is 11.3 Å². The molecule has 0 N–H and O–H groups in total. The number of hydrogen-bond donors (Lipinski definition) is 0. The van der Waals surface area contributed by atoms with Gasteiger partial charge in [0.15, 0.2) is 5.78 Å². The molecule has 82 valence electrons. The van der Waals surface area contributed by atoms with Crippen molar-refractivity contribution in [2.45, 2.75) is 6.92 Å². The summed E-state index contributed by atoms with van der Waals surface area (Å²) in [5.41, 5.74) is 0.536. The molecule has 1 aromatic heterocycles. The van der Waals surface area contributed by atoms with Gasteiger partial charge in [-0.05, 0) is 30.5 Å². The lowest BCUT2D eigenvalue weighted by atomic mass is 10.0. The minimum absolute atomic E-state index is 0.0407. The van der Waals surface area contributed by atoms with Crippen molar-refractivity contribution in [3.05, 3.63) is 57.3 Å². The van der Waals surface area contributed by atoms with Gasteiger partial charge < -0.3 is 0 Å². The molecule has 2 rings (SSSR count). The Morgan fingerprint density at radius 1 is 1.19 bits per heavy atom. The van der Waals surface area contributed by atoms with E-state index in [0.29, 0.717) is 5.56 Å².